The molecule has 1 aliphatic rings. The average molecular weight is 181 g/mol. The van der Waals surface area contributed by atoms with Gasteiger partial charge in [-0.1, -0.05) is 0 Å². The zero-order chi connectivity index (χ0) is 9.26. The van der Waals surface area contributed by atoms with Crippen LogP contribution in [0, 0.1) is 11.7 Å². The molecular weight excluding hydrogens is 169 g/mol. The highest BCUT2D eigenvalue weighted by atomic mass is 19.1. The molecule has 1 saturated carbocycles. The Morgan fingerprint density at radius 3 is 2.92 bits per heavy atom. The number of nitrogen functional groups attached to an aromatic ring is 1. The number of nitrogens with two attached hydrogens (primary N) is 1. The fourth-order valence-electron chi connectivity index (χ4n) is 1.13. The van der Waals surface area contributed by atoms with E-state index < -0.39 is 0 Å². The zero-order valence-electron chi connectivity index (χ0n) is 7.29. The van der Waals surface area contributed by atoms with Crippen LogP contribution in [0.5, 0.6) is 5.75 Å². The van der Waals surface area contributed by atoms with Crippen LogP contribution in [-0.2, 0) is 0 Å². The van der Waals surface area contributed by atoms with Crippen LogP contribution in [0.3, 0.4) is 0 Å². The van der Waals surface area contributed by atoms with Gasteiger partial charge in [-0.05, 0) is 30.9 Å². The number of hydrogen-bond acceptors (Lipinski definition) is 2. The number of halogens is 1. The summed E-state index contributed by atoms with van der Waals surface area (Å²) >= 11 is 0. The molecule has 0 aromatic heterocycles. The van der Waals surface area contributed by atoms with Gasteiger partial charge in [0.25, 0.3) is 0 Å². The Kier molecular flexibility index (Phi) is 2.08. The second-order valence-corrected chi connectivity index (χ2v) is 3.44. The molecule has 0 atom stereocenters. The number of ether oxygens (including phenoxy) is 1. The van der Waals surface area contributed by atoms with Crippen molar-refractivity contribution in [2.24, 2.45) is 5.92 Å². The Morgan fingerprint density at radius 1 is 1.46 bits per heavy atom. The standard InChI is InChI=1S/C10H12FNO/c11-8-3-4-9(12)10(5-8)13-6-7-1-2-7/h3-5,7H,1-2,6,12H2. The van der Waals surface area contributed by atoms with Gasteiger partial charge >= 0.3 is 0 Å². The third-order valence-corrected chi connectivity index (χ3v) is 2.15. The molecule has 1 aliphatic carbocycles. The van der Waals surface area contributed by atoms with Crippen molar-refractivity contribution >= 4 is 5.69 Å². The highest BCUT2D eigenvalue weighted by molar-refractivity contribution is 5.52. The lowest BCUT2D eigenvalue weighted by Gasteiger charge is -2.07. The molecule has 1 aromatic carbocycles. The minimum Gasteiger partial charge on any atom is -0.491 e. The smallest absolute Gasteiger partial charge is 0.145 e. The lowest BCUT2D eigenvalue weighted by molar-refractivity contribution is 0.300. The summed E-state index contributed by atoms with van der Waals surface area (Å²) in [5.74, 6) is 0.814. The van der Waals surface area contributed by atoms with Gasteiger partial charge in [0, 0.05) is 6.07 Å². The molecule has 0 spiro atoms. The van der Waals surface area contributed by atoms with Gasteiger partial charge in [-0.15, -0.1) is 0 Å². The fourth-order valence-corrected chi connectivity index (χ4v) is 1.13. The summed E-state index contributed by atoms with van der Waals surface area (Å²) in [6.07, 6.45) is 2.43. The van der Waals surface area contributed by atoms with E-state index in [1.165, 1.54) is 31.0 Å². The number of rotatable bonds is 3. The molecule has 2 nitrogen and oxygen atoms in total. The molecule has 2 rings (SSSR count). The van der Waals surface area contributed by atoms with Crippen molar-refractivity contribution in [3.05, 3.63) is 24.0 Å². The van der Waals surface area contributed by atoms with Crippen LogP contribution < -0.4 is 10.5 Å². The van der Waals surface area contributed by atoms with Crippen molar-refractivity contribution in [1.29, 1.82) is 0 Å². The van der Waals surface area contributed by atoms with Crippen molar-refractivity contribution in [3.8, 4) is 5.75 Å². The van der Waals surface area contributed by atoms with Crippen molar-refractivity contribution in [1.82, 2.24) is 0 Å². The molecule has 13 heavy (non-hydrogen) atoms. The Bertz CT molecular complexity index is 310. The molecular formula is C10H12FNO. The average Bonchev–Trinajstić information content (AvgIpc) is 2.90. The largest absolute Gasteiger partial charge is 0.491 e. The molecule has 0 aliphatic heterocycles. The minimum absolute atomic E-state index is 0.306. The normalized spacial score (nSPS) is 15.8. The first kappa shape index (κ1) is 8.35. The SMILES string of the molecule is Nc1ccc(F)cc1OCC1CC1. The first-order valence-corrected chi connectivity index (χ1v) is 4.43. The molecule has 0 radical (unpaired) electrons. The molecule has 0 amide bonds. The topological polar surface area (TPSA) is 35.2 Å². The molecule has 0 heterocycles. The van der Waals surface area contributed by atoms with Crippen LogP contribution in [-0.4, -0.2) is 6.61 Å². The van der Waals surface area contributed by atoms with Crippen molar-refractivity contribution in [2.45, 2.75) is 12.8 Å². The summed E-state index contributed by atoms with van der Waals surface area (Å²) in [5, 5.41) is 0. The first-order valence-electron chi connectivity index (χ1n) is 4.43. The van der Waals surface area contributed by atoms with Gasteiger partial charge < -0.3 is 10.5 Å². The molecule has 70 valence electrons. The van der Waals surface area contributed by atoms with E-state index in [0.29, 0.717) is 24.0 Å². The van der Waals surface area contributed by atoms with E-state index in [1.54, 1.807) is 0 Å². The predicted molar refractivity (Wildman–Crippen MR) is 49.0 cm³/mol. The van der Waals surface area contributed by atoms with Gasteiger partial charge in [0.05, 0.1) is 12.3 Å². The molecule has 1 aromatic rings. The number of anilines is 1. The molecule has 0 saturated heterocycles. The molecule has 1 fully saturated rings. The summed E-state index contributed by atoms with van der Waals surface area (Å²) in [6.45, 7) is 0.660. The van der Waals surface area contributed by atoms with Crippen LogP contribution in [0.2, 0.25) is 0 Å². The van der Waals surface area contributed by atoms with Crippen molar-refractivity contribution in [2.75, 3.05) is 12.3 Å². The Hall–Kier alpha value is -1.25. The third kappa shape index (κ3) is 2.11. The molecule has 0 unspecified atom stereocenters. The number of benzene rings is 1. The summed E-state index contributed by atoms with van der Waals surface area (Å²) in [4.78, 5) is 0. The molecule has 3 heteroatoms. The van der Waals surface area contributed by atoms with Crippen molar-refractivity contribution in [3.63, 3.8) is 0 Å². The van der Waals surface area contributed by atoms with E-state index in [9.17, 15) is 4.39 Å². The zero-order valence-corrected chi connectivity index (χ0v) is 7.29. The van der Waals surface area contributed by atoms with Gasteiger partial charge in [0.15, 0.2) is 0 Å². The summed E-state index contributed by atoms with van der Waals surface area (Å²) in [6, 6.07) is 4.19. The van der Waals surface area contributed by atoms with E-state index in [1.807, 2.05) is 0 Å². The maximum absolute atomic E-state index is 12.8. The van der Waals surface area contributed by atoms with E-state index in [-0.39, 0.29) is 5.82 Å². The second kappa shape index (κ2) is 3.24. The molecule has 2 N–H and O–H groups in total. The van der Waals surface area contributed by atoms with E-state index in [4.69, 9.17) is 10.5 Å². The maximum Gasteiger partial charge on any atom is 0.145 e. The van der Waals surface area contributed by atoms with Crippen LogP contribution in [0.1, 0.15) is 12.8 Å². The van der Waals surface area contributed by atoms with E-state index in [2.05, 4.69) is 0 Å². The highest BCUT2D eigenvalue weighted by Gasteiger charge is 2.22. The van der Waals surface area contributed by atoms with Gasteiger partial charge in [-0.2, -0.15) is 0 Å². The van der Waals surface area contributed by atoms with E-state index in [0.717, 1.165) is 0 Å². The summed E-state index contributed by atoms with van der Waals surface area (Å²) in [7, 11) is 0. The van der Waals surface area contributed by atoms with Gasteiger partial charge in [-0.25, -0.2) is 4.39 Å². The van der Waals surface area contributed by atoms with Crippen molar-refractivity contribution < 1.29 is 9.13 Å². The van der Waals surface area contributed by atoms with Crippen LogP contribution >= 0.6 is 0 Å². The van der Waals surface area contributed by atoms with Gasteiger partial charge in [0.1, 0.15) is 11.6 Å². The number of hydrogen-bond donors (Lipinski definition) is 1. The molecule has 0 bridgehead atoms. The van der Waals surface area contributed by atoms with Crippen LogP contribution in [0.25, 0.3) is 0 Å². The van der Waals surface area contributed by atoms with Gasteiger partial charge in [-0.3, -0.25) is 0 Å². The first-order chi connectivity index (χ1) is 6.25. The lowest BCUT2D eigenvalue weighted by atomic mass is 10.3. The third-order valence-electron chi connectivity index (χ3n) is 2.15. The van der Waals surface area contributed by atoms with Gasteiger partial charge in [0.2, 0.25) is 0 Å². The minimum atomic E-state index is -0.306. The Labute approximate surface area is 76.5 Å². The summed E-state index contributed by atoms with van der Waals surface area (Å²) in [5.41, 5.74) is 6.11. The second-order valence-electron chi connectivity index (χ2n) is 3.44. The fraction of sp³-hybridized carbons (Fsp3) is 0.400. The summed E-state index contributed by atoms with van der Waals surface area (Å²) < 4.78 is 18.1. The maximum atomic E-state index is 12.8. The van der Waals surface area contributed by atoms with Crippen LogP contribution in [0.4, 0.5) is 10.1 Å². The quantitative estimate of drug-likeness (QED) is 0.725. The lowest BCUT2D eigenvalue weighted by Crippen LogP contribution is -2.01. The Morgan fingerprint density at radius 2 is 2.23 bits per heavy atom. The Balaban J connectivity index is 2.03. The van der Waals surface area contributed by atoms with E-state index >= 15 is 0 Å². The monoisotopic (exact) mass is 181 g/mol. The highest BCUT2D eigenvalue weighted by Crippen LogP contribution is 2.31. The van der Waals surface area contributed by atoms with Crippen LogP contribution in [0.15, 0.2) is 18.2 Å². The predicted octanol–water partition coefficient (Wildman–Crippen LogP) is 2.20.